The van der Waals surface area contributed by atoms with Gasteiger partial charge < -0.3 is 47.4 Å². The van der Waals surface area contributed by atoms with E-state index >= 15 is 0 Å². The van der Waals surface area contributed by atoms with Crippen LogP contribution in [0.25, 0.3) is 0 Å². The lowest BCUT2D eigenvalue weighted by molar-refractivity contribution is 0.253. The molecule has 0 aliphatic rings. The predicted octanol–water partition coefficient (Wildman–Crippen LogP) is 26.0. The van der Waals surface area contributed by atoms with E-state index in [0.29, 0.717) is 60.9 Å². The first kappa shape index (κ1) is 80.1. The van der Waals surface area contributed by atoms with E-state index in [0.717, 1.165) is 114 Å². The van der Waals surface area contributed by atoms with E-state index in [1.165, 1.54) is 180 Å². The van der Waals surface area contributed by atoms with Crippen LogP contribution in [0.3, 0.4) is 0 Å². The summed E-state index contributed by atoms with van der Waals surface area (Å²) in [5.41, 5.74) is 6.81. The largest absolute Gasteiger partial charge is 0.494 e. The number of benzene rings is 7. The maximum Gasteiger partial charge on any atom is 0.162 e. The second kappa shape index (κ2) is 51.0. The molecule has 0 aromatic heterocycles. The summed E-state index contributed by atoms with van der Waals surface area (Å²) in [6.07, 6.45) is 40.7. The zero-order chi connectivity index (χ0) is 70.0. The van der Waals surface area contributed by atoms with Gasteiger partial charge in [0.1, 0.15) is 74.1 Å². The van der Waals surface area contributed by atoms with Crippen molar-refractivity contribution in [2.75, 3.05) is 26.4 Å². The van der Waals surface area contributed by atoms with E-state index in [9.17, 15) is 0 Å². The Morgan fingerprint density at radius 2 is 0.420 bits per heavy atom. The van der Waals surface area contributed by atoms with Gasteiger partial charge in [-0.25, -0.2) is 0 Å². The van der Waals surface area contributed by atoms with Crippen LogP contribution >= 0.6 is 11.6 Å². The van der Waals surface area contributed by atoms with Gasteiger partial charge in [0.2, 0.25) is 0 Å². The minimum Gasteiger partial charge on any atom is -0.494 e. The third-order valence-corrected chi connectivity index (χ3v) is 18.6. The maximum absolute atomic E-state index is 6.60. The lowest BCUT2D eigenvalue weighted by Crippen LogP contribution is -2.04. The van der Waals surface area contributed by atoms with Crippen molar-refractivity contribution in [1.82, 2.24) is 0 Å². The molecule has 0 fully saturated rings. The highest BCUT2D eigenvalue weighted by atomic mass is 35.5. The summed E-state index contributed by atoms with van der Waals surface area (Å²) in [5, 5.41) is 0. The van der Waals surface area contributed by atoms with Crippen LogP contribution in [0.15, 0.2) is 152 Å². The van der Waals surface area contributed by atoms with Gasteiger partial charge in [-0.05, 0) is 150 Å². The summed E-state index contributed by atoms with van der Waals surface area (Å²) in [6.45, 7) is 13.9. The molecule has 0 heterocycles. The Kier molecular flexibility index (Phi) is 40.9. The quantitative estimate of drug-likeness (QED) is 0.0271. The van der Waals surface area contributed by atoms with Gasteiger partial charge >= 0.3 is 0 Å². The fraction of sp³-hybridized carbons (Fsp3) is 0.528. The molecular weight excluding hydrogens is 1260 g/mol. The summed E-state index contributed by atoms with van der Waals surface area (Å²) in [7, 11) is 0. The third-order valence-electron chi connectivity index (χ3n) is 18.3. The summed E-state index contributed by atoms with van der Waals surface area (Å²) in [6, 6.07) is 50.6. The molecule has 0 N–H and O–H groups in total. The summed E-state index contributed by atoms with van der Waals surface area (Å²) in [4.78, 5) is 0. The van der Waals surface area contributed by atoms with Crippen molar-refractivity contribution in [3.05, 3.63) is 191 Å². The topological polar surface area (TPSA) is 92.3 Å². The highest BCUT2D eigenvalue weighted by Gasteiger charge is 2.14. The van der Waals surface area contributed by atoms with Crippen LogP contribution in [0.4, 0.5) is 0 Å². The molecule has 7 aromatic rings. The van der Waals surface area contributed by atoms with Crippen molar-refractivity contribution in [2.24, 2.45) is 0 Å². The molecule has 546 valence electrons. The van der Waals surface area contributed by atoms with E-state index in [2.05, 4.69) is 76.2 Å². The monoisotopic (exact) mass is 1390 g/mol. The number of rotatable bonds is 59. The Morgan fingerprint density at radius 1 is 0.190 bits per heavy atom. The summed E-state index contributed by atoms with van der Waals surface area (Å²) in [5.74, 6) is 7.56. The van der Waals surface area contributed by atoms with Crippen LogP contribution in [0.2, 0.25) is 0 Å². The van der Waals surface area contributed by atoms with E-state index in [4.69, 9.17) is 59.0 Å². The van der Waals surface area contributed by atoms with Crippen molar-refractivity contribution >= 4 is 11.6 Å². The van der Waals surface area contributed by atoms with Crippen LogP contribution in [-0.4, -0.2) is 26.4 Å². The molecule has 7 aromatic carbocycles. The maximum atomic E-state index is 6.60. The number of hydrogen-bond donors (Lipinski definition) is 0. The third kappa shape index (κ3) is 34.0. The molecule has 0 radical (unpaired) electrons. The molecule has 0 unspecified atom stereocenters. The van der Waals surface area contributed by atoms with Gasteiger partial charge in [-0.15, -0.1) is 11.6 Å². The van der Waals surface area contributed by atoms with Gasteiger partial charge in [-0.2, -0.15) is 0 Å². The average Bonchev–Trinajstić information content (AvgIpc) is 0.999. The molecule has 0 spiro atoms. The highest BCUT2D eigenvalue weighted by Crippen LogP contribution is 2.35. The molecule has 0 aliphatic carbocycles. The standard InChI is InChI=1S/C89H123ClO10/c1-5-9-13-17-21-25-29-33-57-91-80-47-37-73(38-48-80)67-97-86-55-45-77(63-88(86)99-69-75-41-51-82(52-42-75)93-59-35-31-27-23-19-15-11-7-3)71-95-84-61-79(66-90)62-85(65-84)96-72-78-46-56-87(98-68-74-39-49-81(50-40-74)92-58-34-30-26-22-18-14-10-6-2)89(64-78)100-70-76-43-53-83(54-44-76)94-60-36-32-28-24-20-16-12-8-4/h37-56,61-65H,5-36,57-60,66-72H2,1-4H3. The van der Waals surface area contributed by atoms with Gasteiger partial charge in [0.15, 0.2) is 23.0 Å². The number of halogens is 1. The number of alkyl halides is 1. The molecule has 100 heavy (non-hydrogen) atoms. The Bertz CT molecular complexity index is 2980. The lowest BCUT2D eigenvalue weighted by Gasteiger charge is -2.16. The normalized spacial score (nSPS) is 11.2. The van der Waals surface area contributed by atoms with Crippen LogP contribution < -0.4 is 47.4 Å². The van der Waals surface area contributed by atoms with E-state index in [1.54, 1.807) is 0 Å². The highest BCUT2D eigenvalue weighted by molar-refractivity contribution is 6.17. The number of ether oxygens (including phenoxy) is 10. The first-order valence-corrected chi connectivity index (χ1v) is 39.5. The van der Waals surface area contributed by atoms with Crippen molar-refractivity contribution in [3.63, 3.8) is 0 Å². The minimum absolute atomic E-state index is 0.266. The summed E-state index contributed by atoms with van der Waals surface area (Å²) < 4.78 is 63.8. The van der Waals surface area contributed by atoms with E-state index in [-0.39, 0.29) is 19.1 Å². The van der Waals surface area contributed by atoms with Gasteiger partial charge in [-0.1, -0.05) is 268 Å². The first-order valence-electron chi connectivity index (χ1n) is 39.0. The fourth-order valence-corrected chi connectivity index (χ4v) is 12.2. The Morgan fingerprint density at radius 3 is 0.680 bits per heavy atom. The lowest BCUT2D eigenvalue weighted by atomic mass is 10.1. The van der Waals surface area contributed by atoms with Crippen molar-refractivity contribution in [3.8, 4) is 57.5 Å². The zero-order valence-electron chi connectivity index (χ0n) is 61.8. The molecule has 0 atom stereocenters. The molecule has 0 aliphatic heterocycles. The van der Waals surface area contributed by atoms with Crippen molar-refractivity contribution < 1.29 is 47.4 Å². The molecule has 0 bridgehead atoms. The second-order valence-corrected chi connectivity index (χ2v) is 27.4. The van der Waals surface area contributed by atoms with Crippen molar-refractivity contribution in [1.29, 1.82) is 0 Å². The molecule has 0 saturated carbocycles. The van der Waals surface area contributed by atoms with Gasteiger partial charge in [-0.3, -0.25) is 0 Å². The predicted molar refractivity (Wildman–Crippen MR) is 413 cm³/mol. The van der Waals surface area contributed by atoms with Crippen LogP contribution in [0.5, 0.6) is 57.5 Å². The molecule has 7 rings (SSSR count). The average molecular weight is 1390 g/mol. The van der Waals surface area contributed by atoms with Crippen LogP contribution in [0, 0.1) is 0 Å². The second-order valence-electron chi connectivity index (χ2n) is 27.1. The number of unbranched alkanes of at least 4 members (excludes halogenated alkanes) is 28. The fourth-order valence-electron chi connectivity index (χ4n) is 12.0. The first-order chi connectivity index (χ1) is 49.4. The molecule has 0 amide bonds. The smallest absolute Gasteiger partial charge is 0.162 e. The SMILES string of the molecule is CCCCCCCCCCOc1ccc(COc2ccc(COc3cc(CCl)cc(OCc4ccc(OCc5ccc(OCCCCCCCCCC)cc5)c(OCc5ccc(OCCCCCCCCCC)cc5)c4)c3)cc2OCc2ccc(OCCCCCCCCCC)cc2)cc1. The zero-order valence-corrected chi connectivity index (χ0v) is 62.6. The van der Waals surface area contributed by atoms with E-state index < -0.39 is 0 Å². The van der Waals surface area contributed by atoms with Crippen LogP contribution in [0.1, 0.15) is 272 Å². The van der Waals surface area contributed by atoms with E-state index in [1.807, 2.05) is 103 Å². The minimum atomic E-state index is 0.266. The Balaban J connectivity index is 0.967. The van der Waals surface area contributed by atoms with Gasteiger partial charge in [0, 0.05) is 11.9 Å². The van der Waals surface area contributed by atoms with Crippen molar-refractivity contribution in [2.45, 2.75) is 279 Å². The Hall–Kier alpha value is -7.17. The molecular formula is C89H123ClO10. The molecule has 0 saturated heterocycles. The molecule has 10 nitrogen and oxygen atoms in total. The van der Waals surface area contributed by atoms with Crippen LogP contribution in [-0.2, 0) is 45.5 Å². The van der Waals surface area contributed by atoms with Gasteiger partial charge in [0.05, 0.1) is 26.4 Å². The Labute approximate surface area is 608 Å². The summed E-state index contributed by atoms with van der Waals surface area (Å²) >= 11 is 6.55. The van der Waals surface area contributed by atoms with Gasteiger partial charge in [0.25, 0.3) is 0 Å². The molecule has 11 heteroatoms. The number of hydrogen-bond acceptors (Lipinski definition) is 10.